The molecule has 1 heterocycles. The van der Waals surface area contributed by atoms with Gasteiger partial charge in [-0.3, -0.25) is 4.79 Å². The van der Waals surface area contributed by atoms with Crippen LogP contribution in [0.2, 0.25) is 0 Å². The Balaban J connectivity index is 1.78. The average Bonchev–Trinajstić information content (AvgIpc) is 3.19. The van der Waals surface area contributed by atoms with E-state index in [0.717, 1.165) is 0 Å². The van der Waals surface area contributed by atoms with Crippen molar-refractivity contribution >= 4 is 23.0 Å². The van der Waals surface area contributed by atoms with Crippen LogP contribution in [-0.2, 0) is 17.1 Å². The van der Waals surface area contributed by atoms with Gasteiger partial charge in [0.05, 0.1) is 11.4 Å². The highest BCUT2D eigenvalue weighted by Crippen LogP contribution is 2.36. The quantitative estimate of drug-likeness (QED) is 0.447. The lowest BCUT2D eigenvalue weighted by Crippen LogP contribution is -2.13. The summed E-state index contributed by atoms with van der Waals surface area (Å²) in [4.78, 5) is 11.1. The molecule has 0 unspecified atom stereocenters. The van der Waals surface area contributed by atoms with Crippen molar-refractivity contribution in [2.75, 3.05) is 10.6 Å². The van der Waals surface area contributed by atoms with Crippen molar-refractivity contribution in [1.29, 1.82) is 0 Å². The van der Waals surface area contributed by atoms with Gasteiger partial charge < -0.3 is 16.4 Å². The number of halogens is 6. The Labute approximate surface area is 183 Å². The first-order chi connectivity index (χ1) is 15.3. The second kappa shape index (κ2) is 8.88. The molecule has 1 aromatic heterocycles. The molecule has 33 heavy (non-hydrogen) atoms. The zero-order valence-electron chi connectivity index (χ0n) is 16.9. The molecule has 12 heteroatoms. The molecule has 0 spiro atoms. The summed E-state index contributed by atoms with van der Waals surface area (Å²) in [6, 6.07) is 11.8. The monoisotopic (exact) mass is 469 g/mol. The molecule has 0 atom stereocenters. The zero-order valence-corrected chi connectivity index (χ0v) is 16.9. The lowest BCUT2D eigenvalue weighted by atomic mass is 10.1. The Kier molecular flexibility index (Phi) is 6.38. The summed E-state index contributed by atoms with van der Waals surface area (Å²) >= 11 is 0. The lowest BCUT2D eigenvalue weighted by molar-refractivity contribution is -0.143. The minimum atomic E-state index is -5.03. The predicted octanol–water partition coefficient (Wildman–Crippen LogP) is 5.24. The van der Waals surface area contributed by atoms with Gasteiger partial charge in [-0.25, -0.2) is 4.68 Å². The second-order valence-corrected chi connectivity index (χ2v) is 6.87. The molecular formula is C21H17F6N5O. The maximum absolute atomic E-state index is 13.2. The van der Waals surface area contributed by atoms with E-state index in [0.29, 0.717) is 22.6 Å². The molecule has 0 saturated heterocycles. The van der Waals surface area contributed by atoms with Crippen LogP contribution in [0, 0.1) is 0 Å². The number of carbonyl (C=O) groups excluding carboxylic acids is 1. The SMILES string of the molecule is CC(=O)Nc1ccc(/C(N)=C/Nc2ccc(-n3nc(C(F)(F)F)cc3C(F)(F)F)cc2)cc1. The highest BCUT2D eigenvalue weighted by atomic mass is 19.4. The molecule has 2 aromatic carbocycles. The van der Waals surface area contributed by atoms with Crippen LogP contribution in [-0.4, -0.2) is 15.7 Å². The Morgan fingerprint density at radius 1 is 0.939 bits per heavy atom. The van der Waals surface area contributed by atoms with Crippen LogP contribution in [0.4, 0.5) is 37.7 Å². The Morgan fingerprint density at radius 2 is 1.52 bits per heavy atom. The molecule has 174 valence electrons. The van der Waals surface area contributed by atoms with Gasteiger partial charge in [0.15, 0.2) is 5.69 Å². The van der Waals surface area contributed by atoms with Crippen LogP contribution in [0.25, 0.3) is 11.4 Å². The highest BCUT2D eigenvalue weighted by molar-refractivity contribution is 5.88. The van der Waals surface area contributed by atoms with Gasteiger partial charge >= 0.3 is 12.4 Å². The molecule has 0 aliphatic heterocycles. The molecule has 3 aromatic rings. The summed E-state index contributed by atoms with van der Waals surface area (Å²) in [7, 11) is 0. The molecule has 0 saturated carbocycles. The summed E-state index contributed by atoms with van der Waals surface area (Å²) in [5.74, 6) is -0.219. The van der Waals surface area contributed by atoms with Gasteiger partial charge in [0.1, 0.15) is 5.69 Å². The Bertz CT molecular complexity index is 1160. The van der Waals surface area contributed by atoms with Crippen LogP contribution in [0.15, 0.2) is 60.8 Å². The third kappa shape index (κ3) is 5.84. The standard InChI is InChI=1S/C21H17F6N5O/c1-12(33)30-15-4-2-13(3-5-15)17(28)11-29-14-6-8-16(9-7-14)32-19(21(25,26)27)10-18(31-32)20(22,23)24/h2-11,29H,28H2,1H3,(H,30,33)/b17-11-. The molecule has 0 fully saturated rings. The average molecular weight is 469 g/mol. The van der Waals surface area contributed by atoms with Crippen molar-refractivity contribution < 1.29 is 31.1 Å². The third-order valence-electron chi connectivity index (χ3n) is 4.34. The fraction of sp³-hybridized carbons (Fsp3) is 0.143. The lowest BCUT2D eigenvalue weighted by Gasteiger charge is -2.11. The number of aromatic nitrogens is 2. The van der Waals surface area contributed by atoms with E-state index in [1.165, 1.54) is 37.4 Å². The number of anilines is 2. The maximum atomic E-state index is 13.2. The maximum Gasteiger partial charge on any atom is 0.435 e. The number of rotatable bonds is 5. The molecule has 0 bridgehead atoms. The summed E-state index contributed by atoms with van der Waals surface area (Å²) < 4.78 is 78.3. The van der Waals surface area contributed by atoms with Crippen LogP contribution in [0.5, 0.6) is 0 Å². The van der Waals surface area contributed by atoms with Gasteiger partial charge in [0, 0.05) is 30.6 Å². The van der Waals surface area contributed by atoms with Crippen molar-refractivity contribution in [3.05, 3.63) is 77.7 Å². The van der Waals surface area contributed by atoms with Crippen molar-refractivity contribution in [2.24, 2.45) is 5.73 Å². The van der Waals surface area contributed by atoms with Gasteiger partial charge in [-0.05, 0) is 42.0 Å². The fourth-order valence-corrected chi connectivity index (χ4v) is 2.81. The summed E-state index contributed by atoms with van der Waals surface area (Å²) in [5.41, 5.74) is 4.59. The van der Waals surface area contributed by atoms with Crippen molar-refractivity contribution in [3.8, 4) is 5.69 Å². The number of carbonyl (C=O) groups is 1. The van der Waals surface area contributed by atoms with Crippen LogP contribution in [0.1, 0.15) is 23.9 Å². The van der Waals surface area contributed by atoms with E-state index in [-0.39, 0.29) is 22.3 Å². The molecule has 4 N–H and O–H groups in total. The number of hydrogen-bond donors (Lipinski definition) is 3. The molecule has 0 aliphatic carbocycles. The Morgan fingerprint density at radius 3 is 2.03 bits per heavy atom. The largest absolute Gasteiger partial charge is 0.435 e. The van der Waals surface area contributed by atoms with Crippen LogP contribution < -0.4 is 16.4 Å². The number of alkyl halides is 6. The first-order valence-electron chi connectivity index (χ1n) is 9.29. The molecular weight excluding hydrogens is 452 g/mol. The normalized spacial score (nSPS) is 12.5. The molecule has 6 nitrogen and oxygen atoms in total. The van der Waals surface area contributed by atoms with Crippen LogP contribution in [0.3, 0.4) is 0 Å². The summed E-state index contributed by atoms with van der Waals surface area (Å²) in [6.45, 7) is 1.38. The smallest absolute Gasteiger partial charge is 0.397 e. The molecule has 3 rings (SSSR count). The molecule has 0 aliphatic rings. The van der Waals surface area contributed by atoms with E-state index in [9.17, 15) is 31.1 Å². The van der Waals surface area contributed by atoms with Crippen LogP contribution >= 0.6 is 0 Å². The highest BCUT2D eigenvalue weighted by Gasteiger charge is 2.42. The number of hydrogen-bond acceptors (Lipinski definition) is 4. The molecule has 1 amide bonds. The number of benzene rings is 2. The summed E-state index contributed by atoms with van der Waals surface area (Å²) in [6.07, 6.45) is -8.60. The predicted molar refractivity (Wildman–Crippen MR) is 110 cm³/mol. The zero-order chi connectivity index (χ0) is 24.4. The Hall–Kier alpha value is -3.96. The number of nitrogens with zero attached hydrogens (tertiary/aromatic N) is 2. The van der Waals surface area contributed by atoms with E-state index in [1.54, 1.807) is 24.3 Å². The van der Waals surface area contributed by atoms with Gasteiger partial charge in [-0.2, -0.15) is 31.4 Å². The summed E-state index contributed by atoms with van der Waals surface area (Å²) in [5, 5.41) is 8.55. The van der Waals surface area contributed by atoms with E-state index in [4.69, 9.17) is 5.73 Å². The third-order valence-corrected chi connectivity index (χ3v) is 4.34. The first-order valence-corrected chi connectivity index (χ1v) is 9.29. The van der Waals surface area contributed by atoms with E-state index in [1.807, 2.05) is 0 Å². The van der Waals surface area contributed by atoms with Gasteiger partial charge in [-0.1, -0.05) is 12.1 Å². The topological polar surface area (TPSA) is 85.0 Å². The number of amides is 1. The van der Waals surface area contributed by atoms with E-state index in [2.05, 4.69) is 15.7 Å². The van der Waals surface area contributed by atoms with E-state index >= 15 is 0 Å². The van der Waals surface area contributed by atoms with E-state index < -0.39 is 23.7 Å². The first kappa shape index (κ1) is 23.7. The number of nitrogens with two attached hydrogens (primary N) is 1. The van der Waals surface area contributed by atoms with Crippen molar-refractivity contribution in [1.82, 2.24) is 9.78 Å². The van der Waals surface area contributed by atoms with Gasteiger partial charge in [0.2, 0.25) is 5.91 Å². The fourth-order valence-electron chi connectivity index (χ4n) is 2.81. The van der Waals surface area contributed by atoms with Crippen molar-refractivity contribution in [3.63, 3.8) is 0 Å². The number of nitrogens with one attached hydrogen (secondary N) is 2. The molecule has 0 radical (unpaired) electrons. The van der Waals surface area contributed by atoms with Gasteiger partial charge in [0.25, 0.3) is 0 Å². The van der Waals surface area contributed by atoms with Crippen molar-refractivity contribution in [2.45, 2.75) is 19.3 Å². The minimum absolute atomic E-state index is 0.0349. The minimum Gasteiger partial charge on any atom is -0.397 e. The second-order valence-electron chi connectivity index (χ2n) is 6.87. The van der Waals surface area contributed by atoms with Gasteiger partial charge in [-0.15, -0.1) is 0 Å².